The second-order valence-electron chi connectivity index (χ2n) is 6.90. The lowest BCUT2D eigenvalue weighted by Crippen LogP contribution is -2.24. The summed E-state index contributed by atoms with van der Waals surface area (Å²) in [6.07, 6.45) is 0. The minimum absolute atomic E-state index is 0.0989. The zero-order valence-electron chi connectivity index (χ0n) is 17.0. The summed E-state index contributed by atoms with van der Waals surface area (Å²) in [5, 5.41) is 12.3. The minimum atomic E-state index is -0.997. The molecule has 0 saturated carbocycles. The van der Waals surface area contributed by atoms with Gasteiger partial charge in [-0.2, -0.15) is 0 Å². The summed E-state index contributed by atoms with van der Waals surface area (Å²) in [4.78, 5) is 23.9. The van der Waals surface area contributed by atoms with Gasteiger partial charge in [0.1, 0.15) is 11.6 Å². The molecule has 0 aliphatic carbocycles. The molecule has 31 heavy (non-hydrogen) atoms. The second-order valence-corrected chi connectivity index (χ2v) is 7.33. The summed E-state index contributed by atoms with van der Waals surface area (Å²) in [6.45, 7) is 4.11. The molecule has 0 heterocycles. The predicted molar refractivity (Wildman–Crippen MR) is 117 cm³/mol. The summed E-state index contributed by atoms with van der Waals surface area (Å²) in [5.41, 5.74) is 2.96. The molecule has 2 N–H and O–H groups in total. The molecule has 160 valence electrons. The van der Waals surface area contributed by atoms with Crippen LogP contribution in [0.3, 0.4) is 0 Å². The number of rotatable bonds is 7. The number of benzene rings is 3. The molecule has 3 aromatic carbocycles. The zero-order valence-corrected chi connectivity index (χ0v) is 17.8. The maximum absolute atomic E-state index is 14.0. The van der Waals surface area contributed by atoms with Crippen LogP contribution in [0.15, 0.2) is 54.6 Å². The topological polar surface area (TPSA) is 75.6 Å². The highest BCUT2D eigenvalue weighted by Gasteiger charge is 2.15. The van der Waals surface area contributed by atoms with E-state index in [1.54, 1.807) is 25.1 Å². The van der Waals surface area contributed by atoms with E-state index in [0.717, 1.165) is 17.2 Å². The van der Waals surface area contributed by atoms with Gasteiger partial charge >= 0.3 is 5.97 Å². The first-order valence-corrected chi connectivity index (χ1v) is 10.0. The van der Waals surface area contributed by atoms with Gasteiger partial charge in [0.15, 0.2) is 0 Å². The van der Waals surface area contributed by atoms with E-state index in [0.29, 0.717) is 23.5 Å². The Balaban J connectivity index is 1.89. The third-order valence-electron chi connectivity index (χ3n) is 4.78. The molecule has 0 bridgehead atoms. The number of aryl methyl sites for hydroxylation is 1. The Morgan fingerprint density at radius 2 is 1.74 bits per heavy atom. The number of nitrogens with one attached hydrogen (secondary N) is 1. The van der Waals surface area contributed by atoms with Crippen LogP contribution in [0.1, 0.15) is 38.8 Å². The first kappa shape index (κ1) is 22.3. The highest BCUT2D eigenvalue weighted by atomic mass is 35.5. The Bertz CT molecular complexity index is 1150. The van der Waals surface area contributed by atoms with Crippen LogP contribution in [-0.2, 0) is 6.54 Å². The molecule has 0 aliphatic rings. The van der Waals surface area contributed by atoms with Crippen LogP contribution in [0.5, 0.6) is 5.75 Å². The lowest BCUT2D eigenvalue weighted by Gasteiger charge is -2.14. The maximum Gasteiger partial charge on any atom is 0.335 e. The molecule has 0 unspecified atom stereocenters. The van der Waals surface area contributed by atoms with Gasteiger partial charge in [0.2, 0.25) is 0 Å². The highest BCUT2D eigenvalue weighted by Crippen LogP contribution is 2.28. The van der Waals surface area contributed by atoms with E-state index >= 15 is 0 Å². The van der Waals surface area contributed by atoms with Gasteiger partial charge in [-0.3, -0.25) is 4.79 Å². The lowest BCUT2D eigenvalue weighted by molar-refractivity contribution is 0.0696. The second kappa shape index (κ2) is 9.62. The molecule has 0 atom stereocenters. The summed E-state index contributed by atoms with van der Waals surface area (Å²) < 4.78 is 19.7. The van der Waals surface area contributed by atoms with E-state index in [1.807, 2.05) is 25.1 Å². The first-order valence-electron chi connectivity index (χ1n) is 9.63. The fraction of sp³-hybridized carbons (Fsp3) is 0.167. The van der Waals surface area contributed by atoms with Gasteiger partial charge in [-0.15, -0.1) is 0 Å². The van der Waals surface area contributed by atoms with E-state index in [-0.39, 0.29) is 22.7 Å². The standard InChI is InChI=1S/C24H21ClFNO4/c1-3-31-22-9-6-15(16-5-4-14(2)20(11-16)24(29)30)10-17(22)13-27-23(28)19-8-7-18(25)12-21(19)26/h4-12H,3,13H2,1-2H3,(H,27,28)(H,29,30). The quantitative estimate of drug-likeness (QED) is 0.509. The van der Waals surface area contributed by atoms with Gasteiger partial charge < -0.3 is 15.2 Å². The number of ether oxygens (including phenoxy) is 1. The summed E-state index contributed by atoms with van der Waals surface area (Å²) in [5.74, 6) is -1.70. The molecule has 7 heteroatoms. The van der Waals surface area contributed by atoms with Gasteiger partial charge in [-0.05, 0) is 66.9 Å². The van der Waals surface area contributed by atoms with E-state index in [9.17, 15) is 19.1 Å². The van der Waals surface area contributed by atoms with Gasteiger partial charge in [0.05, 0.1) is 17.7 Å². The van der Waals surface area contributed by atoms with Crippen LogP contribution in [-0.4, -0.2) is 23.6 Å². The molecule has 3 aromatic rings. The van der Waals surface area contributed by atoms with Crippen LogP contribution >= 0.6 is 11.6 Å². The molecule has 5 nitrogen and oxygen atoms in total. The molecule has 3 rings (SSSR count). The van der Waals surface area contributed by atoms with Crippen LogP contribution in [0, 0.1) is 12.7 Å². The van der Waals surface area contributed by atoms with Crippen molar-refractivity contribution in [1.29, 1.82) is 0 Å². The number of hydrogen-bond acceptors (Lipinski definition) is 3. The van der Waals surface area contributed by atoms with Crippen LogP contribution < -0.4 is 10.1 Å². The van der Waals surface area contributed by atoms with Crippen LogP contribution in [0.4, 0.5) is 4.39 Å². The van der Waals surface area contributed by atoms with Crippen molar-refractivity contribution in [3.8, 4) is 16.9 Å². The van der Waals surface area contributed by atoms with Gasteiger partial charge in [0.25, 0.3) is 5.91 Å². The number of carboxylic acid groups (broad SMARTS) is 1. The van der Waals surface area contributed by atoms with Crippen LogP contribution in [0.2, 0.25) is 5.02 Å². The van der Waals surface area contributed by atoms with E-state index in [4.69, 9.17) is 16.3 Å². The van der Waals surface area contributed by atoms with Crippen molar-refractivity contribution in [1.82, 2.24) is 5.32 Å². The van der Waals surface area contributed by atoms with E-state index < -0.39 is 17.7 Å². The zero-order chi connectivity index (χ0) is 22.5. The molecule has 0 spiro atoms. The Kier molecular flexibility index (Phi) is 6.92. The molecular formula is C24H21ClFNO4. The number of aromatic carboxylic acids is 1. The van der Waals surface area contributed by atoms with Crippen molar-refractivity contribution in [2.75, 3.05) is 6.61 Å². The average molecular weight is 442 g/mol. The van der Waals surface area contributed by atoms with Crippen molar-refractivity contribution in [3.05, 3.63) is 87.7 Å². The van der Waals surface area contributed by atoms with Crippen LogP contribution in [0.25, 0.3) is 11.1 Å². The maximum atomic E-state index is 14.0. The fourth-order valence-corrected chi connectivity index (χ4v) is 3.33. The lowest BCUT2D eigenvalue weighted by atomic mass is 9.98. The predicted octanol–water partition coefficient (Wildman–Crippen LogP) is 5.48. The van der Waals surface area contributed by atoms with E-state index in [2.05, 4.69) is 5.32 Å². The molecule has 0 fully saturated rings. The normalized spacial score (nSPS) is 10.6. The SMILES string of the molecule is CCOc1ccc(-c2ccc(C)c(C(=O)O)c2)cc1CNC(=O)c1ccc(Cl)cc1F. The monoisotopic (exact) mass is 441 g/mol. The van der Waals surface area contributed by atoms with Crippen molar-refractivity contribution >= 4 is 23.5 Å². The third-order valence-corrected chi connectivity index (χ3v) is 5.01. The summed E-state index contributed by atoms with van der Waals surface area (Å²) in [7, 11) is 0. The Morgan fingerprint density at radius 1 is 1.03 bits per heavy atom. The fourth-order valence-electron chi connectivity index (χ4n) is 3.17. The van der Waals surface area contributed by atoms with Crippen molar-refractivity contribution in [2.45, 2.75) is 20.4 Å². The minimum Gasteiger partial charge on any atom is -0.494 e. The number of amides is 1. The summed E-state index contributed by atoms with van der Waals surface area (Å²) >= 11 is 5.74. The van der Waals surface area contributed by atoms with Crippen molar-refractivity contribution in [2.24, 2.45) is 0 Å². The molecule has 0 aromatic heterocycles. The van der Waals surface area contributed by atoms with Crippen molar-refractivity contribution < 1.29 is 23.8 Å². The molecule has 0 aliphatic heterocycles. The third kappa shape index (κ3) is 5.22. The Hall–Kier alpha value is -3.38. The smallest absolute Gasteiger partial charge is 0.335 e. The average Bonchev–Trinajstić information content (AvgIpc) is 2.73. The number of carbonyl (C=O) groups excluding carboxylic acids is 1. The molecular weight excluding hydrogens is 421 g/mol. The summed E-state index contributed by atoms with van der Waals surface area (Å²) in [6, 6.07) is 14.5. The van der Waals surface area contributed by atoms with E-state index in [1.165, 1.54) is 12.1 Å². The largest absolute Gasteiger partial charge is 0.494 e. The first-order chi connectivity index (χ1) is 14.8. The number of carbonyl (C=O) groups is 2. The highest BCUT2D eigenvalue weighted by molar-refractivity contribution is 6.30. The Labute approximate surface area is 184 Å². The van der Waals surface area contributed by atoms with Gasteiger partial charge in [-0.25, -0.2) is 9.18 Å². The number of hydrogen-bond donors (Lipinski definition) is 2. The van der Waals surface area contributed by atoms with Crippen molar-refractivity contribution in [3.63, 3.8) is 0 Å². The van der Waals surface area contributed by atoms with Gasteiger partial charge in [0, 0.05) is 17.1 Å². The molecule has 0 radical (unpaired) electrons. The number of halogens is 2. The number of carboxylic acids is 1. The molecule has 1 amide bonds. The van der Waals surface area contributed by atoms with Gasteiger partial charge in [-0.1, -0.05) is 29.8 Å². The molecule has 0 saturated heterocycles. The Morgan fingerprint density at radius 3 is 2.42 bits per heavy atom.